The number of alkyl halides is 3. The number of nitrogens with one attached hydrogen (secondary N) is 2. The van der Waals surface area contributed by atoms with Crippen molar-refractivity contribution in [3.05, 3.63) is 0 Å². The van der Waals surface area contributed by atoms with Crippen molar-refractivity contribution in [2.45, 2.75) is 63.7 Å². The molecule has 3 atom stereocenters. The Kier molecular flexibility index (Phi) is 5.94. The molecular weight excluding hydrogens is 297 g/mol. The third-order valence-electron chi connectivity index (χ3n) is 4.80. The highest BCUT2D eigenvalue weighted by Gasteiger charge is 2.42. The van der Waals surface area contributed by atoms with Gasteiger partial charge in [-0.05, 0) is 44.9 Å². The van der Waals surface area contributed by atoms with E-state index in [4.69, 9.17) is 4.74 Å². The van der Waals surface area contributed by atoms with E-state index in [0.717, 1.165) is 12.8 Å². The van der Waals surface area contributed by atoms with Crippen molar-refractivity contribution in [1.29, 1.82) is 0 Å². The number of hydrogen-bond acceptors (Lipinski definition) is 2. The molecule has 1 aliphatic heterocycles. The van der Waals surface area contributed by atoms with Gasteiger partial charge in [-0.1, -0.05) is 6.42 Å². The lowest BCUT2D eigenvalue weighted by Gasteiger charge is -2.32. The molecule has 2 N–H and O–H groups in total. The maximum Gasteiger partial charge on any atom is 0.391 e. The standard InChI is InChI=1S/C15H25F3N2O2/c1-10(11-5-7-22-8-6-11)19-14(21)20-13-4-2-3-12(9-13)15(16,17)18/h10-13H,2-9H2,1H3,(H2,19,20,21)/t10-,12-,13+/m0/s1. The molecule has 0 aromatic rings. The SMILES string of the molecule is C[C@H](NC(=O)N[C@@H]1CCC[C@H](C(F)(F)F)C1)C1CCOCC1. The summed E-state index contributed by atoms with van der Waals surface area (Å²) in [5.74, 6) is -0.923. The fourth-order valence-corrected chi connectivity index (χ4v) is 3.39. The van der Waals surface area contributed by atoms with E-state index < -0.39 is 12.1 Å². The molecule has 22 heavy (non-hydrogen) atoms. The van der Waals surface area contributed by atoms with Gasteiger partial charge in [-0.3, -0.25) is 0 Å². The minimum absolute atomic E-state index is 0.00547. The number of amides is 2. The molecule has 2 aliphatic rings. The first-order valence-electron chi connectivity index (χ1n) is 8.07. The monoisotopic (exact) mass is 322 g/mol. The molecule has 2 amide bonds. The van der Waals surface area contributed by atoms with Gasteiger partial charge in [0.1, 0.15) is 0 Å². The molecule has 2 rings (SSSR count). The van der Waals surface area contributed by atoms with Crippen molar-refractivity contribution in [1.82, 2.24) is 10.6 Å². The van der Waals surface area contributed by atoms with Crippen LogP contribution in [0.2, 0.25) is 0 Å². The van der Waals surface area contributed by atoms with Gasteiger partial charge in [-0.15, -0.1) is 0 Å². The highest BCUT2D eigenvalue weighted by atomic mass is 19.4. The van der Waals surface area contributed by atoms with E-state index in [-0.39, 0.29) is 31.0 Å². The van der Waals surface area contributed by atoms with Gasteiger partial charge in [0.25, 0.3) is 0 Å². The first-order valence-corrected chi connectivity index (χ1v) is 8.07. The lowest BCUT2D eigenvalue weighted by atomic mass is 9.85. The van der Waals surface area contributed by atoms with Crippen molar-refractivity contribution < 1.29 is 22.7 Å². The van der Waals surface area contributed by atoms with Crippen LogP contribution >= 0.6 is 0 Å². The molecule has 128 valence electrons. The van der Waals surface area contributed by atoms with E-state index in [0.29, 0.717) is 32.0 Å². The van der Waals surface area contributed by atoms with Gasteiger partial charge in [0, 0.05) is 25.3 Å². The lowest BCUT2D eigenvalue weighted by molar-refractivity contribution is -0.183. The molecule has 0 bridgehead atoms. The van der Waals surface area contributed by atoms with Crippen LogP contribution in [-0.4, -0.2) is 37.5 Å². The average Bonchev–Trinajstić information content (AvgIpc) is 2.47. The molecule has 0 aromatic heterocycles. The van der Waals surface area contributed by atoms with E-state index in [1.165, 1.54) is 0 Å². The predicted molar refractivity (Wildman–Crippen MR) is 76.5 cm³/mol. The highest BCUT2D eigenvalue weighted by molar-refractivity contribution is 5.74. The zero-order valence-corrected chi connectivity index (χ0v) is 12.9. The van der Waals surface area contributed by atoms with Gasteiger partial charge >= 0.3 is 12.2 Å². The average molecular weight is 322 g/mol. The van der Waals surface area contributed by atoms with Gasteiger partial charge < -0.3 is 15.4 Å². The summed E-state index contributed by atoms with van der Waals surface area (Å²) in [6, 6.07) is -0.736. The third kappa shape index (κ3) is 5.04. The molecule has 0 unspecified atom stereocenters. The fraction of sp³-hybridized carbons (Fsp3) is 0.933. The largest absolute Gasteiger partial charge is 0.391 e. The second-order valence-corrected chi connectivity index (χ2v) is 6.46. The molecule has 0 radical (unpaired) electrons. The minimum Gasteiger partial charge on any atom is -0.381 e. The van der Waals surface area contributed by atoms with E-state index in [2.05, 4.69) is 10.6 Å². The Morgan fingerprint density at radius 2 is 1.86 bits per heavy atom. The van der Waals surface area contributed by atoms with Crippen LogP contribution < -0.4 is 10.6 Å². The molecule has 1 saturated carbocycles. The minimum atomic E-state index is -4.16. The van der Waals surface area contributed by atoms with Crippen LogP contribution in [0.4, 0.5) is 18.0 Å². The molecule has 0 spiro atoms. The quantitative estimate of drug-likeness (QED) is 0.838. The molecule has 4 nitrogen and oxygen atoms in total. The Labute approximate surface area is 129 Å². The van der Waals surface area contributed by atoms with Crippen LogP contribution in [0.5, 0.6) is 0 Å². The van der Waals surface area contributed by atoms with Crippen LogP contribution in [0, 0.1) is 11.8 Å². The first-order chi connectivity index (χ1) is 10.4. The van der Waals surface area contributed by atoms with Gasteiger partial charge in [-0.25, -0.2) is 4.79 Å². The molecule has 7 heteroatoms. The van der Waals surface area contributed by atoms with E-state index in [1.807, 2.05) is 6.92 Å². The van der Waals surface area contributed by atoms with Crippen molar-refractivity contribution in [3.63, 3.8) is 0 Å². The molecule has 1 aliphatic carbocycles. The number of carbonyl (C=O) groups excluding carboxylic acids is 1. The summed E-state index contributed by atoms with van der Waals surface area (Å²) in [6.45, 7) is 3.34. The van der Waals surface area contributed by atoms with Crippen LogP contribution in [0.25, 0.3) is 0 Å². The number of carbonyl (C=O) groups is 1. The van der Waals surface area contributed by atoms with Crippen molar-refractivity contribution >= 4 is 6.03 Å². The lowest BCUT2D eigenvalue weighted by Crippen LogP contribution is -2.50. The van der Waals surface area contributed by atoms with E-state index >= 15 is 0 Å². The topological polar surface area (TPSA) is 50.4 Å². The molecule has 0 aromatic carbocycles. The Hall–Kier alpha value is -0.980. The zero-order chi connectivity index (χ0) is 16.2. The zero-order valence-electron chi connectivity index (χ0n) is 12.9. The van der Waals surface area contributed by atoms with Gasteiger partial charge in [0.2, 0.25) is 0 Å². The maximum atomic E-state index is 12.8. The molecular formula is C15H25F3N2O2. The third-order valence-corrected chi connectivity index (χ3v) is 4.80. The number of rotatable bonds is 3. The van der Waals surface area contributed by atoms with Crippen LogP contribution in [-0.2, 0) is 4.74 Å². The van der Waals surface area contributed by atoms with Crippen LogP contribution in [0.1, 0.15) is 45.4 Å². The van der Waals surface area contributed by atoms with E-state index in [1.54, 1.807) is 0 Å². The van der Waals surface area contributed by atoms with Crippen LogP contribution in [0.15, 0.2) is 0 Å². The summed E-state index contributed by atoms with van der Waals surface area (Å²) >= 11 is 0. The summed E-state index contributed by atoms with van der Waals surface area (Å²) < 4.78 is 43.6. The number of halogens is 3. The maximum absolute atomic E-state index is 12.8. The van der Waals surface area contributed by atoms with E-state index in [9.17, 15) is 18.0 Å². The summed E-state index contributed by atoms with van der Waals surface area (Å²) in [5.41, 5.74) is 0. The molecule has 2 fully saturated rings. The van der Waals surface area contributed by atoms with Crippen LogP contribution in [0.3, 0.4) is 0 Å². The van der Waals surface area contributed by atoms with Gasteiger partial charge in [-0.2, -0.15) is 13.2 Å². The fourth-order valence-electron chi connectivity index (χ4n) is 3.39. The van der Waals surface area contributed by atoms with Gasteiger partial charge in [0.15, 0.2) is 0 Å². The predicted octanol–water partition coefficient (Wildman–Crippen LogP) is 3.22. The normalized spacial score (nSPS) is 28.9. The Morgan fingerprint density at radius 3 is 2.50 bits per heavy atom. The Bertz CT molecular complexity index is 370. The highest BCUT2D eigenvalue weighted by Crippen LogP contribution is 2.37. The first kappa shape index (κ1) is 17.4. The summed E-state index contributed by atoms with van der Waals surface area (Å²) in [6.07, 6.45) is -1.07. The number of hydrogen-bond donors (Lipinski definition) is 2. The second kappa shape index (κ2) is 7.53. The number of ether oxygens (including phenoxy) is 1. The van der Waals surface area contributed by atoms with Crippen molar-refractivity contribution in [2.75, 3.05) is 13.2 Å². The summed E-state index contributed by atoms with van der Waals surface area (Å²) in [4.78, 5) is 12.0. The molecule has 1 saturated heterocycles. The Morgan fingerprint density at radius 1 is 1.18 bits per heavy atom. The number of urea groups is 1. The Balaban J connectivity index is 1.76. The van der Waals surface area contributed by atoms with Crippen molar-refractivity contribution in [3.8, 4) is 0 Å². The summed E-state index contributed by atoms with van der Waals surface area (Å²) in [5, 5.41) is 5.57. The van der Waals surface area contributed by atoms with Gasteiger partial charge in [0.05, 0.1) is 5.92 Å². The van der Waals surface area contributed by atoms with Crippen molar-refractivity contribution in [2.24, 2.45) is 11.8 Å². The summed E-state index contributed by atoms with van der Waals surface area (Å²) in [7, 11) is 0. The smallest absolute Gasteiger partial charge is 0.381 e. The second-order valence-electron chi connectivity index (χ2n) is 6.46. The molecule has 1 heterocycles.